The normalized spacial score (nSPS) is 21.5. The molecule has 0 amide bonds. The van der Waals surface area contributed by atoms with Crippen LogP contribution in [-0.4, -0.2) is 26.9 Å². The van der Waals surface area contributed by atoms with E-state index in [-0.39, 0.29) is 17.9 Å². The van der Waals surface area contributed by atoms with Crippen molar-refractivity contribution in [3.63, 3.8) is 0 Å². The highest BCUT2D eigenvalue weighted by molar-refractivity contribution is 9.10. The lowest BCUT2D eigenvalue weighted by atomic mass is 10.1. The van der Waals surface area contributed by atoms with Gasteiger partial charge < -0.3 is 4.74 Å². The summed E-state index contributed by atoms with van der Waals surface area (Å²) in [4.78, 5) is 0. The SMILES string of the molecule is CC(NS(=O)(=O)CC1CCCO1)c1ccc(Br)cc1. The Morgan fingerprint density at radius 1 is 1.42 bits per heavy atom. The number of ether oxygens (including phenoxy) is 1. The van der Waals surface area contributed by atoms with Gasteiger partial charge in [0.1, 0.15) is 0 Å². The minimum Gasteiger partial charge on any atom is -0.377 e. The average molecular weight is 348 g/mol. The number of sulfonamides is 1. The fourth-order valence-corrected chi connectivity index (χ4v) is 3.95. The van der Waals surface area contributed by atoms with Crippen LogP contribution in [0.5, 0.6) is 0 Å². The number of hydrogen-bond donors (Lipinski definition) is 1. The number of halogens is 1. The standard InChI is InChI=1S/C13H18BrNO3S/c1-10(11-4-6-12(14)7-5-11)15-19(16,17)9-13-3-2-8-18-13/h4-7,10,13,15H,2-3,8-9H2,1H3. The Kier molecular flexibility index (Phi) is 5.00. The van der Waals surface area contributed by atoms with Crippen molar-refractivity contribution >= 4 is 26.0 Å². The zero-order valence-electron chi connectivity index (χ0n) is 10.8. The Morgan fingerprint density at radius 2 is 2.11 bits per heavy atom. The summed E-state index contributed by atoms with van der Waals surface area (Å²) in [6.45, 7) is 2.51. The molecule has 0 aliphatic carbocycles. The van der Waals surface area contributed by atoms with Crippen LogP contribution >= 0.6 is 15.9 Å². The predicted octanol–water partition coefficient (Wildman–Crippen LogP) is 2.61. The van der Waals surface area contributed by atoms with Gasteiger partial charge in [0.25, 0.3) is 0 Å². The van der Waals surface area contributed by atoms with Crippen LogP contribution < -0.4 is 4.72 Å². The summed E-state index contributed by atoms with van der Waals surface area (Å²) in [6.07, 6.45) is 1.62. The molecule has 1 aromatic carbocycles. The third-order valence-corrected chi connectivity index (χ3v) is 5.21. The molecular formula is C13H18BrNO3S. The van der Waals surface area contributed by atoms with Crippen molar-refractivity contribution < 1.29 is 13.2 Å². The van der Waals surface area contributed by atoms with Crippen LogP contribution in [0.25, 0.3) is 0 Å². The van der Waals surface area contributed by atoms with Crippen LogP contribution in [0.1, 0.15) is 31.4 Å². The van der Waals surface area contributed by atoms with Crippen LogP contribution in [-0.2, 0) is 14.8 Å². The van der Waals surface area contributed by atoms with E-state index in [1.54, 1.807) is 0 Å². The molecule has 0 radical (unpaired) electrons. The highest BCUT2D eigenvalue weighted by Crippen LogP contribution is 2.19. The molecule has 1 N–H and O–H groups in total. The summed E-state index contributed by atoms with van der Waals surface area (Å²) in [7, 11) is -3.31. The molecule has 2 rings (SSSR count). The summed E-state index contributed by atoms with van der Waals surface area (Å²) in [5.74, 6) is 0.0495. The quantitative estimate of drug-likeness (QED) is 0.890. The first-order valence-electron chi connectivity index (χ1n) is 6.33. The predicted molar refractivity (Wildman–Crippen MR) is 78.5 cm³/mol. The molecule has 0 aromatic heterocycles. The molecule has 1 aromatic rings. The zero-order valence-corrected chi connectivity index (χ0v) is 13.2. The Balaban J connectivity index is 1.96. The molecule has 2 unspecified atom stereocenters. The van der Waals surface area contributed by atoms with Gasteiger partial charge in [-0.2, -0.15) is 0 Å². The minimum atomic E-state index is -3.31. The van der Waals surface area contributed by atoms with Gasteiger partial charge in [-0.3, -0.25) is 0 Å². The Labute approximate surface area is 122 Å². The Bertz CT molecular complexity index is 509. The first-order chi connectivity index (χ1) is 8.96. The van der Waals surface area contributed by atoms with Gasteiger partial charge in [-0.15, -0.1) is 0 Å². The molecule has 1 saturated heterocycles. The summed E-state index contributed by atoms with van der Waals surface area (Å²) in [5.41, 5.74) is 0.944. The van der Waals surface area contributed by atoms with Gasteiger partial charge in [0.15, 0.2) is 0 Å². The molecule has 0 saturated carbocycles. The lowest BCUT2D eigenvalue weighted by molar-refractivity contribution is 0.127. The summed E-state index contributed by atoms with van der Waals surface area (Å²) < 4.78 is 33.1. The van der Waals surface area contributed by atoms with Gasteiger partial charge in [-0.25, -0.2) is 13.1 Å². The van der Waals surface area contributed by atoms with E-state index in [9.17, 15) is 8.42 Å². The van der Waals surface area contributed by atoms with Crippen molar-refractivity contribution in [2.45, 2.75) is 31.9 Å². The third-order valence-electron chi connectivity index (χ3n) is 3.16. The zero-order chi connectivity index (χ0) is 13.9. The second-order valence-corrected chi connectivity index (χ2v) is 7.52. The molecule has 1 aliphatic heterocycles. The van der Waals surface area contributed by atoms with Crippen molar-refractivity contribution in [3.05, 3.63) is 34.3 Å². The van der Waals surface area contributed by atoms with Crippen molar-refractivity contribution in [2.75, 3.05) is 12.4 Å². The molecule has 0 bridgehead atoms. The van der Waals surface area contributed by atoms with Gasteiger partial charge in [-0.05, 0) is 37.5 Å². The third kappa shape index (κ3) is 4.56. The second-order valence-electron chi connectivity index (χ2n) is 4.81. The average Bonchev–Trinajstić information content (AvgIpc) is 2.81. The molecule has 4 nitrogen and oxygen atoms in total. The maximum absolute atomic E-state index is 12.0. The van der Waals surface area contributed by atoms with Crippen molar-refractivity contribution in [1.82, 2.24) is 4.72 Å². The van der Waals surface area contributed by atoms with Crippen LogP contribution in [0, 0.1) is 0 Å². The van der Waals surface area contributed by atoms with Crippen molar-refractivity contribution in [1.29, 1.82) is 0 Å². The molecule has 2 atom stereocenters. The number of hydrogen-bond acceptors (Lipinski definition) is 3. The highest BCUT2D eigenvalue weighted by atomic mass is 79.9. The van der Waals surface area contributed by atoms with Crippen molar-refractivity contribution in [2.24, 2.45) is 0 Å². The van der Waals surface area contributed by atoms with E-state index in [1.165, 1.54) is 0 Å². The van der Waals surface area contributed by atoms with Gasteiger partial charge >= 0.3 is 0 Å². The Morgan fingerprint density at radius 3 is 2.68 bits per heavy atom. The van der Waals surface area contributed by atoms with Gasteiger partial charge in [0.2, 0.25) is 10.0 Å². The van der Waals surface area contributed by atoms with E-state index < -0.39 is 10.0 Å². The maximum atomic E-state index is 12.0. The molecule has 0 spiro atoms. The van der Waals surface area contributed by atoms with E-state index in [0.717, 1.165) is 22.9 Å². The van der Waals surface area contributed by atoms with Gasteiger partial charge in [0.05, 0.1) is 11.9 Å². The minimum absolute atomic E-state index is 0.0495. The molecule has 1 aliphatic rings. The molecule has 19 heavy (non-hydrogen) atoms. The molecule has 106 valence electrons. The lowest BCUT2D eigenvalue weighted by Crippen LogP contribution is -2.33. The van der Waals surface area contributed by atoms with Gasteiger partial charge in [0, 0.05) is 17.1 Å². The number of benzene rings is 1. The molecule has 1 fully saturated rings. The molecule has 6 heteroatoms. The van der Waals surface area contributed by atoms with E-state index in [0.29, 0.717) is 6.61 Å². The number of nitrogens with one attached hydrogen (secondary N) is 1. The summed E-state index contributed by atoms with van der Waals surface area (Å²) in [6, 6.07) is 7.38. The first kappa shape index (κ1) is 15.0. The largest absolute Gasteiger partial charge is 0.377 e. The lowest BCUT2D eigenvalue weighted by Gasteiger charge is -2.16. The van der Waals surface area contributed by atoms with E-state index in [4.69, 9.17) is 4.74 Å². The number of rotatable bonds is 5. The van der Waals surface area contributed by atoms with E-state index >= 15 is 0 Å². The smallest absolute Gasteiger partial charge is 0.214 e. The fourth-order valence-electron chi connectivity index (χ4n) is 2.16. The van der Waals surface area contributed by atoms with Crippen LogP contribution in [0.3, 0.4) is 0 Å². The van der Waals surface area contributed by atoms with Crippen LogP contribution in [0.15, 0.2) is 28.7 Å². The van der Waals surface area contributed by atoms with Gasteiger partial charge in [-0.1, -0.05) is 28.1 Å². The van der Waals surface area contributed by atoms with E-state index in [1.807, 2.05) is 31.2 Å². The second kappa shape index (κ2) is 6.35. The molecule has 1 heterocycles. The monoisotopic (exact) mass is 347 g/mol. The van der Waals surface area contributed by atoms with Crippen LogP contribution in [0.2, 0.25) is 0 Å². The van der Waals surface area contributed by atoms with E-state index in [2.05, 4.69) is 20.7 Å². The molecular weight excluding hydrogens is 330 g/mol. The van der Waals surface area contributed by atoms with Crippen LogP contribution in [0.4, 0.5) is 0 Å². The highest BCUT2D eigenvalue weighted by Gasteiger charge is 2.24. The topological polar surface area (TPSA) is 55.4 Å². The van der Waals surface area contributed by atoms with Crippen molar-refractivity contribution in [3.8, 4) is 0 Å². The summed E-state index contributed by atoms with van der Waals surface area (Å²) >= 11 is 3.36. The summed E-state index contributed by atoms with van der Waals surface area (Å²) in [5, 5.41) is 0. The first-order valence-corrected chi connectivity index (χ1v) is 8.78. The fraction of sp³-hybridized carbons (Fsp3) is 0.538. The Hall–Kier alpha value is -0.430. The maximum Gasteiger partial charge on any atom is 0.214 e.